The van der Waals surface area contributed by atoms with Crippen molar-refractivity contribution in [1.29, 1.82) is 0 Å². The van der Waals surface area contributed by atoms with Crippen LogP contribution >= 0.6 is 0 Å². The van der Waals surface area contributed by atoms with Gasteiger partial charge >= 0.3 is 0 Å². The standard InChI is InChI=1S/C22H31FN2O2/c1-16(17-5-3-2-4-6-17)25-14-13-22(15-21(25)27,12-11-20(24)26)18-7-9-19(23)10-8-18/h7-10,16-17H,2-6,11-15H2,1H3,(H2,24,26)/t16-,22+/m0/s1. The largest absolute Gasteiger partial charge is 0.370 e. The lowest BCUT2D eigenvalue weighted by Crippen LogP contribution is -2.52. The summed E-state index contributed by atoms with van der Waals surface area (Å²) in [4.78, 5) is 26.6. The number of piperidine rings is 1. The Labute approximate surface area is 161 Å². The summed E-state index contributed by atoms with van der Waals surface area (Å²) in [5.74, 6) is 0.0835. The highest BCUT2D eigenvalue weighted by Crippen LogP contribution is 2.42. The van der Waals surface area contributed by atoms with Gasteiger partial charge in [-0.25, -0.2) is 4.39 Å². The van der Waals surface area contributed by atoms with Gasteiger partial charge in [0.1, 0.15) is 5.82 Å². The van der Waals surface area contributed by atoms with Crippen LogP contribution in [-0.4, -0.2) is 29.3 Å². The SMILES string of the molecule is C[C@@H](C1CCCCC1)N1CC[C@@](CCC(N)=O)(c2ccc(F)cc2)CC1=O. The van der Waals surface area contributed by atoms with Crippen molar-refractivity contribution in [2.75, 3.05) is 6.54 Å². The molecular weight excluding hydrogens is 343 g/mol. The van der Waals surface area contributed by atoms with Gasteiger partial charge in [0, 0.05) is 30.8 Å². The highest BCUT2D eigenvalue weighted by Gasteiger charge is 2.42. The number of nitrogens with two attached hydrogens (primary N) is 1. The van der Waals surface area contributed by atoms with Crippen LogP contribution in [0.4, 0.5) is 4.39 Å². The van der Waals surface area contributed by atoms with E-state index in [4.69, 9.17) is 5.73 Å². The highest BCUT2D eigenvalue weighted by molar-refractivity contribution is 5.80. The van der Waals surface area contributed by atoms with Crippen molar-refractivity contribution < 1.29 is 14.0 Å². The minimum Gasteiger partial charge on any atom is -0.370 e. The molecule has 0 aromatic heterocycles. The van der Waals surface area contributed by atoms with E-state index in [1.165, 1.54) is 44.2 Å². The Bertz CT molecular complexity index is 669. The zero-order valence-corrected chi connectivity index (χ0v) is 16.3. The summed E-state index contributed by atoms with van der Waals surface area (Å²) in [5, 5.41) is 0. The normalized spacial score (nSPS) is 25.4. The number of hydrogen-bond donors (Lipinski definition) is 1. The molecule has 1 aliphatic heterocycles. The molecule has 1 saturated carbocycles. The van der Waals surface area contributed by atoms with Gasteiger partial charge in [0.2, 0.25) is 11.8 Å². The molecule has 27 heavy (non-hydrogen) atoms. The van der Waals surface area contributed by atoms with Gasteiger partial charge in [0.05, 0.1) is 0 Å². The number of likely N-dealkylation sites (tertiary alicyclic amines) is 1. The molecular formula is C22H31FN2O2. The summed E-state index contributed by atoms with van der Waals surface area (Å²) in [5.41, 5.74) is 5.89. The van der Waals surface area contributed by atoms with E-state index in [-0.39, 0.29) is 30.1 Å². The van der Waals surface area contributed by atoms with Crippen LogP contribution in [-0.2, 0) is 15.0 Å². The van der Waals surface area contributed by atoms with Crippen LogP contribution in [0, 0.1) is 11.7 Å². The summed E-state index contributed by atoms with van der Waals surface area (Å²) in [6.07, 6.45) is 8.15. The third-order valence-corrected chi connectivity index (χ3v) is 6.77. The molecule has 148 valence electrons. The first-order valence-corrected chi connectivity index (χ1v) is 10.3. The van der Waals surface area contributed by atoms with Gasteiger partial charge in [0.15, 0.2) is 0 Å². The van der Waals surface area contributed by atoms with Crippen LogP contribution in [0.2, 0.25) is 0 Å². The monoisotopic (exact) mass is 374 g/mol. The van der Waals surface area contributed by atoms with Crippen LogP contribution in [0.5, 0.6) is 0 Å². The van der Waals surface area contributed by atoms with Crippen LogP contribution in [0.1, 0.15) is 70.3 Å². The molecule has 1 aromatic carbocycles. The molecule has 5 heteroatoms. The van der Waals surface area contributed by atoms with Crippen molar-refractivity contribution >= 4 is 11.8 Å². The van der Waals surface area contributed by atoms with Gasteiger partial charge in [-0.3, -0.25) is 9.59 Å². The molecule has 2 N–H and O–H groups in total. The first kappa shape index (κ1) is 19.8. The second-order valence-electron chi connectivity index (χ2n) is 8.41. The predicted octanol–water partition coefficient (Wildman–Crippen LogP) is 3.92. The second-order valence-corrected chi connectivity index (χ2v) is 8.41. The fraction of sp³-hybridized carbons (Fsp3) is 0.636. The maximum Gasteiger partial charge on any atom is 0.223 e. The lowest BCUT2D eigenvalue weighted by atomic mass is 9.69. The summed E-state index contributed by atoms with van der Waals surface area (Å²) in [6, 6.07) is 6.64. The zero-order chi connectivity index (χ0) is 19.4. The number of benzene rings is 1. The molecule has 2 amide bonds. The van der Waals surface area contributed by atoms with E-state index < -0.39 is 5.41 Å². The first-order valence-electron chi connectivity index (χ1n) is 10.3. The molecule has 2 aliphatic rings. The fourth-order valence-electron chi connectivity index (χ4n) is 5.01. The van der Waals surface area contributed by atoms with Crippen LogP contribution in [0.25, 0.3) is 0 Å². The van der Waals surface area contributed by atoms with E-state index >= 15 is 0 Å². The number of halogens is 1. The van der Waals surface area contributed by atoms with Gasteiger partial charge in [-0.05, 0) is 56.2 Å². The minimum absolute atomic E-state index is 0.146. The Hall–Kier alpha value is -1.91. The summed E-state index contributed by atoms with van der Waals surface area (Å²) >= 11 is 0. The number of nitrogens with zero attached hydrogens (tertiary/aromatic N) is 1. The molecule has 1 aromatic rings. The molecule has 2 atom stereocenters. The maximum atomic E-state index is 13.4. The predicted molar refractivity (Wildman–Crippen MR) is 103 cm³/mol. The average Bonchev–Trinajstić information content (AvgIpc) is 2.67. The molecule has 4 nitrogen and oxygen atoms in total. The van der Waals surface area contributed by atoms with Crippen molar-refractivity contribution in [3.8, 4) is 0 Å². The molecule has 2 fully saturated rings. The maximum absolute atomic E-state index is 13.4. The molecule has 0 bridgehead atoms. The van der Waals surface area contributed by atoms with Crippen LogP contribution in [0.15, 0.2) is 24.3 Å². The van der Waals surface area contributed by atoms with Crippen molar-refractivity contribution in [2.24, 2.45) is 11.7 Å². The first-order chi connectivity index (χ1) is 12.9. The second kappa shape index (κ2) is 8.41. The molecule has 1 aliphatic carbocycles. The molecule has 1 saturated heterocycles. The molecule has 1 heterocycles. The van der Waals surface area contributed by atoms with Gasteiger partial charge in [-0.15, -0.1) is 0 Å². The Balaban J connectivity index is 1.77. The summed E-state index contributed by atoms with van der Waals surface area (Å²) < 4.78 is 13.4. The smallest absolute Gasteiger partial charge is 0.223 e. The van der Waals surface area contributed by atoms with E-state index in [2.05, 4.69) is 6.92 Å². The summed E-state index contributed by atoms with van der Waals surface area (Å²) in [7, 11) is 0. The third kappa shape index (κ3) is 4.50. The Kier molecular flexibility index (Phi) is 6.18. The molecule has 3 rings (SSSR count). The number of rotatable bonds is 6. The van der Waals surface area contributed by atoms with Gasteiger partial charge in [-0.1, -0.05) is 31.4 Å². The number of hydrogen-bond acceptors (Lipinski definition) is 2. The van der Waals surface area contributed by atoms with E-state index in [0.717, 1.165) is 12.0 Å². The fourth-order valence-corrected chi connectivity index (χ4v) is 5.01. The van der Waals surface area contributed by atoms with Crippen LogP contribution in [0.3, 0.4) is 0 Å². The van der Waals surface area contributed by atoms with E-state index in [0.29, 0.717) is 25.3 Å². The number of carbonyl (C=O) groups excluding carboxylic acids is 2. The Morgan fingerprint density at radius 2 is 1.93 bits per heavy atom. The van der Waals surface area contributed by atoms with Crippen LogP contribution < -0.4 is 5.73 Å². The molecule has 0 radical (unpaired) electrons. The Morgan fingerprint density at radius 1 is 1.26 bits per heavy atom. The third-order valence-electron chi connectivity index (χ3n) is 6.77. The van der Waals surface area contributed by atoms with Crippen molar-refractivity contribution in [3.63, 3.8) is 0 Å². The lowest BCUT2D eigenvalue weighted by Gasteiger charge is -2.46. The number of carbonyl (C=O) groups is 2. The zero-order valence-electron chi connectivity index (χ0n) is 16.3. The molecule has 0 spiro atoms. The summed E-state index contributed by atoms with van der Waals surface area (Å²) in [6.45, 7) is 2.87. The van der Waals surface area contributed by atoms with E-state index in [1.807, 2.05) is 4.90 Å². The van der Waals surface area contributed by atoms with Crippen molar-refractivity contribution in [3.05, 3.63) is 35.6 Å². The van der Waals surface area contributed by atoms with Gasteiger partial charge < -0.3 is 10.6 Å². The lowest BCUT2D eigenvalue weighted by molar-refractivity contribution is -0.140. The molecule has 0 unspecified atom stereocenters. The van der Waals surface area contributed by atoms with E-state index in [9.17, 15) is 14.0 Å². The van der Waals surface area contributed by atoms with Gasteiger partial charge in [-0.2, -0.15) is 0 Å². The Morgan fingerprint density at radius 3 is 2.52 bits per heavy atom. The average molecular weight is 375 g/mol. The van der Waals surface area contributed by atoms with E-state index in [1.54, 1.807) is 12.1 Å². The number of amides is 2. The minimum atomic E-state index is -0.428. The topological polar surface area (TPSA) is 63.4 Å². The highest BCUT2D eigenvalue weighted by atomic mass is 19.1. The van der Waals surface area contributed by atoms with Crippen molar-refractivity contribution in [1.82, 2.24) is 4.90 Å². The van der Waals surface area contributed by atoms with Gasteiger partial charge in [0.25, 0.3) is 0 Å². The van der Waals surface area contributed by atoms with Crippen molar-refractivity contribution in [2.45, 2.75) is 76.2 Å². The number of primary amides is 1. The quantitative estimate of drug-likeness (QED) is 0.820.